The molecule has 0 aliphatic heterocycles. The van der Waals surface area contributed by atoms with Crippen LogP contribution in [0.3, 0.4) is 0 Å². The number of hydrogen-bond acceptors (Lipinski definition) is 2. The Balaban J connectivity index is 2.13. The zero-order valence-corrected chi connectivity index (χ0v) is 10.2. The molecule has 3 aromatic rings. The highest BCUT2D eigenvalue weighted by Crippen LogP contribution is 2.22. The molecule has 0 saturated carbocycles. The van der Waals surface area contributed by atoms with Crippen molar-refractivity contribution in [2.75, 3.05) is 0 Å². The normalized spacial score (nSPS) is 11.3. The second-order valence-electron chi connectivity index (χ2n) is 4.25. The Morgan fingerprint density at radius 2 is 2.22 bits per heavy atom. The van der Waals surface area contributed by atoms with Gasteiger partial charge < -0.3 is 4.98 Å². The average molecular weight is 244 g/mol. The van der Waals surface area contributed by atoms with Crippen molar-refractivity contribution < 1.29 is 4.39 Å². The summed E-state index contributed by atoms with van der Waals surface area (Å²) >= 11 is 0. The van der Waals surface area contributed by atoms with E-state index >= 15 is 0 Å². The van der Waals surface area contributed by atoms with Crippen molar-refractivity contribution in [2.45, 2.75) is 20.4 Å². The van der Waals surface area contributed by atoms with Gasteiger partial charge in [-0.2, -0.15) is 5.10 Å². The fraction of sp³-hybridized carbons (Fsp3) is 0.231. The number of aryl methyl sites for hydroxylation is 2. The first-order valence-electron chi connectivity index (χ1n) is 5.87. The molecule has 0 atom stereocenters. The summed E-state index contributed by atoms with van der Waals surface area (Å²) in [4.78, 5) is 7.61. The smallest absolute Gasteiger partial charge is 0.176 e. The van der Waals surface area contributed by atoms with Crippen LogP contribution in [0, 0.1) is 12.7 Å². The molecule has 0 radical (unpaired) electrons. The van der Waals surface area contributed by atoms with E-state index < -0.39 is 0 Å². The molecule has 0 bridgehead atoms. The van der Waals surface area contributed by atoms with Gasteiger partial charge in [-0.15, -0.1) is 0 Å². The van der Waals surface area contributed by atoms with E-state index in [1.165, 1.54) is 6.07 Å². The van der Waals surface area contributed by atoms with Crippen LogP contribution in [0.1, 0.15) is 12.5 Å². The van der Waals surface area contributed by atoms with Gasteiger partial charge in [0.25, 0.3) is 0 Å². The average Bonchev–Trinajstić information content (AvgIpc) is 2.92. The third-order valence-corrected chi connectivity index (χ3v) is 3.03. The van der Waals surface area contributed by atoms with Crippen LogP contribution in [-0.4, -0.2) is 19.7 Å². The van der Waals surface area contributed by atoms with Crippen molar-refractivity contribution >= 4 is 11.2 Å². The van der Waals surface area contributed by atoms with Crippen molar-refractivity contribution in [1.29, 1.82) is 0 Å². The minimum Gasteiger partial charge on any atom is -0.335 e. The minimum atomic E-state index is -0.218. The molecule has 18 heavy (non-hydrogen) atoms. The molecule has 0 amide bonds. The van der Waals surface area contributed by atoms with Crippen molar-refractivity contribution in [3.63, 3.8) is 0 Å². The number of aromatic nitrogens is 4. The third kappa shape index (κ3) is 1.59. The standard InChI is InChI=1S/C13H13FN4/c1-3-18-13-11(7-15-18)16-12(17-13)9-5-4-8(2)10(14)6-9/h4-7H,3H2,1-2H3,(H,16,17). The molecule has 92 valence electrons. The van der Waals surface area contributed by atoms with E-state index in [-0.39, 0.29) is 5.82 Å². The summed E-state index contributed by atoms with van der Waals surface area (Å²) in [5, 5.41) is 4.19. The molecule has 0 fully saturated rings. The Labute approximate surface area is 103 Å². The molecule has 3 rings (SSSR count). The number of H-pyrrole nitrogens is 1. The Morgan fingerprint density at radius 3 is 2.94 bits per heavy atom. The van der Waals surface area contributed by atoms with Gasteiger partial charge in [0.1, 0.15) is 17.2 Å². The predicted molar refractivity (Wildman–Crippen MR) is 67.7 cm³/mol. The number of hydrogen-bond donors (Lipinski definition) is 1. The van der Waals surface area contributed by atoms with Crippen molar-refractivity contribution in [2.24, 2.45) is 0 Å². The molecular formula is C13H13FN4. The lowest BCUT2D eigenvalue weighted by Gasteiger charge is -1.99. The molecule has 0 saturated heterocycles. The predicted octanol–water partition coefficient (Wildman–Crippen LogP) is 2.89. The van der Waals surface area contributed by atoms with Gasteiger partial charge in [-0.3, -0.25) is 0 Å². The summed E-state index contributed by atoms with van der Waals surface area (Å²) in [5.41, 5.74) is 3.05. The summed E-state index contributed by atoms with van der Waals surface area (Å²) < 4.78 is 15.3. The summed E-state index contributed by atoms with van der Waals surface area (Å²) in [6.45, 7) is 4.51. The Kier molecular flexibility index (Phi) is 2.40. The van der Waals surface area contributed by atoms with Crippen LogP contribution in [-0.2, 0) is 6.54 Å². The van der Waals surface area contributed by atoms with E-state index in [2.05, 4.69) is 15.1 Å². The number of benzene rings is 1. The van der Waals surface area contributed by atoms with Crippen LogP contribution in [0.2, 0.25) is 0 Å². The lowest BCUT2D eigenvalue weighted by Crippen LogP contribution is -1.96. The van der Waals surface area contributed by atoms with Gasteiger partial charge >= 0.3 is 0 Å². The minimum absolute atomic E-state index is 0.218. The molecule has 5 heteroatoms. The summed E-state index contributed by atoms with van der Waals surface area (Å²) in [6, 6.07) is 5.11. The number of rotatable bonds is 2. The second kappa shape index (κ2) is 3.94. The van der Waals surface area contributed by atoms with Gasteiger partial charge in [0.15, 0.2) is 5.65 Å². The van der Waals surface area contributed by atoms with Crippen LogP contribution in [0.5, 0.6) is 0 Å². The quantitative estimate of drug-likeness (QED) is 0.753. The number of halogens is 1. The molecule has 1 aromatic carbocycles. The molecule has 4 nitrogen and oxygen atoms in total. The number of fused-ring (bicyclic) bond motifs is 1. The number of nitrogens with zero attached hydrogens (tertiary/aromatic N) is 3. The summed E-state index contributed by atoms with van der Waals surface area (Å²) in [7, 11) is 0. The first-order valence-corrected chi connectivity index (χ1v) is 5.87. The third-order valence-electron chi connectivity index (χ3n) is 3.03. The zero-order valence-electron chi connectivity index (χ0n) is 10.2. The van der Waals surface area contributed by atoms with E-state index in [0.29, 0.717) is 11.4 Å². The van der Waals surface area contributed by atoms with E-state index in [1.807, 2.05) is 13.0 Å². The van der Waals surface area contributed by atoms with Crippen molar-refractivity contribution in [3.8, 4) is 11.4 Å². The summed E-state index contributed by atoms with van der Waals surface area (Å²) in [5.74, 6) is 0.452. The first kappa shape index (κ1) is 11.0. The first-order chi connectivity index (χ1) is 8.69. The van der Waals surface area contributed by atoms with Crippen molar-refractivity contribution in [1.82, 2.24) is 19.7 Å². The van der Waals surface area contributed by atoms with Crippen LogP contribution in [0.15, 0.2) is 24.4 Å². The van der Waals surface area contributed by atoms with E-state index in [1.54, 1.807) is 23.9 Å². The molecule has 0 aliphatic carbocycles. The van der Waals surface area contributed by atoms with Gasteiger partial charge in [0.05, 0.1) is 6.20 Å². The number of nitrogens with one attached hydrogen (secondary N) is 1. The molecule has 2 heterocycles. The Hall–Kier alpha value is -2.17. The monoisotopic (exact) mass is 244 g/mol. The van der Waals surface area contributed by atoms with Crippen LogP contribution in [0.25, 0.3) is 22.6 Å². The van der Waals surface area contributed by atoms with Gasteiger partial charge in [0, 0.05) is 12.1 Å². The molecule has 0 spiro atoms. The lowest BCUT2D eigenvalue weighted by atomic mass is 10.1. The van der Waals surface area contributed by atoms with Crippen LogP contribution < -0.4 is 0 Å². The number of aromatic amines is 1. The summed E-state index contributed by atoms with van der Waals surface area (Å²) in [6.07, 6.45) is 1.74. The SMILES string of the molecule is CCn1ncc2[nH]c(-c3ccc(C)c(F)c3)nc21. The van der Waals surface area contributed by atoms with E-state index in [9.17, 15) is 4.39 Å². The van der Waals surface area contributed by atoms with Crippen molar-refractivity contribution in [3.05, 3.63) is 35.8 Å². The van der Waals surface area contributed by atoms with Crippen LogP contribution in [0.4, 0.5) is 4.39 Å². The van der Waals surface area contributed by atoms with E-state index in [0.717, 1.165) is 23.3 Å². The largest absolute Gasteiger partial charge is 0.335 e. The topological polar surface area (TPSA) is 46.5 Å². The van der Waals surface area contributed by atoms with Gasteiger partial charge in [-0.25, -0.2) is 14.1 Å². The highest BCUT2D eigenvalue weighted by Gasteiger charge is 2.10. The fourth-order valence-corrected chi connectivity index (χ4v) is 1.95. The second-order valence-corrected chi connectivity index (χ2v) is 4.25. The van der Waals surface area contributed by atoms with Crippen LogP contribution >= 0.6 is 0 Å². The number of imidazole rings is 1. The highest BCUT2D eigenvalue weighted by atomic mass is 19.1. The van der Waals surface area contributed by atoms with Gasteiger partial charge in [-0.05, 0) is 25.5 Å². The molecular weight excluding hydrogens is 231 g/mol. The maximum absolute atomic E-state index is 13.5. The highest BCUT2D eigenvalue weighted by molar-refractivity contribution is 5.75. The Bertz CT molecular complexity index is 711. The zero-order chi connectivity index (χ0) is 12.7. The maximum Gasteiger partial charge on any atom is 0.176 e. The van der Waals surface area contributed by atoms with Gasteiger partial charge in [-0.1, -0.05) is 12.1 Å². The molecule has 0 aliphatic rings. The Morgan fingerprint density at radius 1 is 1.39 bits per heavy atom. The maximum atomic E-state index is 13.5. The molecule has 1 N–H and O–H groups in total. The van der Waals surface area contributed by atoms with Gasteiger partial charge in [0.2, 0.25) is 0 Å². The molecule has 2 aromatic heterocycles. The van der Waals surface area contributed by atoms with E-state index in [4.69, 9.17) is 0 Å². The fourth-order valence-electron chi connectivity index (χ4n) is 1.95. The molecule has 0 unspecified atom stereocenters. The lowest BCUT2D eigenvalue weighted by molar-refractivity contribution is 0.619.